The number of carboxylic acids is 2. The van der Waals surface area contributed by atoms with Gasteiger partial charge in [-0.05, 0) is 6.92 Å². The number of methoxy groups -OCH3 is 1. The molecule has 8 heteroatoms. The van der Waals surface area contributed by atoms with Gasteiger partial charge in [0.2, 0.25) is 0 Å². The molecule has 0 rings (SSSR count). The molecule has 0 saturated heterocycles. The zero-order chi connectivity index (χ0) is 14.3. The second kappa shape index (κ2) is 7.49. The number of aliphatic carboxylic acids is 2. The second-order valence-corrected chi connectivity index (χ2v) is 3.85. The van der Waals surface area contributed by atoms with Crippen LogP contribution in [0.25, 0.3) is 0 Å². The van der Waals surface area contributed by atoms with Crippen molar-refractivity contribution in [3.63, 3.8) is 0 Å². The fourth-order valence-electron chi connectivity index (χ4n) is 1.18. The van der Waals surface area contributed by atoms with Crippen LogP contribution in [0.4, 0.5) is 4.79 Å². The average molecular weight is 262 g/mol. The molecule has 8 nitrogen and oxygen atoms in total. The van der Waals surface area contributed by atoms with E-state index < -0.39 is 30.4 Å². The number of hydrogen-bond donors (Lipinski definition) is 3. The first-order chi connectivity index (χ1) is 8.29. The summed E-state index contributed by atoms with van der Waals surface area (Å²) in [5.41, 5.74) is 0. The van der Waals surface area contributed by atoms with E-state index in [2.05, 4.69) is 5.32 Å². The molecular formula is C10H18N2O6. The van der Waals surface area contributed by atoms with Gasteiger partial charge in [0.1, 0.15) is 6.04 Å². The number of ether oxygens (including phenoxy) is 1. The Morgan fingerprint density at radius 2 is 1.89 bits per heavy atom. The molecule has 0 spiro atoms. The first-order valence-electron chi connectivity index (χ1n) is 5.26. The summed E-state index contributed by atoms with van der Waals surface area (Å²) in [5.74, 6) is -2.69. The Morgan fingerprint density at radius 1 is 1.33 bits per heavy atom. The smallest absolute Gasteiger partial charge is 0.326 e. The highest BCUT2D eigenvalue weighted by atomic mass is 16.5. The van der Waals surface area contributed by atoms with E-state index in [1.165, 1.54) is 19.1 Å². The third-order valence-corrected chi connectivity index (χ3v) is 2.36. The van der Waals surface area contributed by atoms with Gasteiger partial charge < -0.3 is 25.2 Å². The first kappa shape index (κ1) is 16.2. The number of carbonyl (C=O) groups excluding carboxylic acids is 1. The Morgan fingerprint density at radius 3 is 2.28 bits per heavy atom. The van der Waals surface area contributed by atoms with Crippen molar-refractivity contribution in [3.05, 3.63) is 0 Å². The highest BCUT2D eigenvalue weighted by Crippen LogP contribution is 1.99. The van der Waals surface area contributed by atoms with Crippen LogP contribution in [0.2, 0.25) is 0 Å². The second-order valence-electron chi connectivity index (χ2n) is 3.85. The molecule has 0 saturated carbocycles. The molecule has 0 aromatic heterocycles. The lowest BCUT2D eigenvalue weighted by molar-refractivity contribution is -0.145. The zero-order valence-corrected chi connectivity index (χ0v) is 10.5. The number of rotatable bonds is 7. The summed E-state index contributed by atoms with van der Waals surface area (Å²) in [4.78, 5) is 34.1. The van der Waals surface area contributed by atoms with Crippen molar-refractivity contribution in [3.8, 4) is 0 Å². The number of nitrogens with one attached hydrogen (secondary N) is 1. The monoisotopic (exact) mass is 262 g/mol. The van der Waals surface area contributed by atoms with Crippen LogP contribution in [0.1, 0.15) is 13.3 Å². The summed E-state index contributed by atoms with van der Waals surface area (Å²) in [6.45, 7) is 2.01. The Balaban J connectivity index is 4.49. The highest BCUT2D eigenvalue weighted by Gasteiger charge is 2.25. The summed E-state index contributed by atoms with van der Waals surface area (Å²) in [6, 6.07) is -2.37. The molecule has 0 fully saturated rings. The molecular weight excluding hydrogens is 244 g/mol. The predicted octanol–water partition coefficient (Wildman–Crippen LogP) is -0.409. The number of carbonyl (C=O) groups is 3. The van der Waals surface area contributed by atoms with Crippen molar-refractivity contribution in [1.82, 2.24) is 10.2 Å². The molecule has 0 aromatic rings. The van der Waals surface area contributed by atoms with Gasteiger partial charge in [0.15, 0.2) is 0 Å². The topological polar surface area (TPSA) is 116 Å². The molecule has 104 valence electrons. The number of hydrogen-bond acceptors (Lipinski definition) is 4. The molecule has 18 heavy (non-hydrogen) atoms. The van der Waals surface area contributed by atoms with Gasteiger partial charge in [0.05, 0.1) is 19.1 Å². The molecule has 1 unspecified atom stereocenters. The van der Waals surface area contributed by atoms with Gasteiger partial charge in [-0.2, -0.15) is 0 Å². The van der Waals surface area contributed by atoms with Gasteiger partial charge in [-0.3, -0.25) is 4.79 Å². The standard InChI is InChI=1S/C10H18N2O6/c1-6(5-18-3)12(2)10(17)11-7(9(15)16)4-8(13)14/h6-7H,4-5H2,1-3H3,(H,11,17)(H,13,14)(H,15,16)/t6?,7-/m1/s1. The van der Waals surface area contributed by atoms with Crippen LogP contribution in [-0.2, 0) is 14.3 Å². The van der Waals surface area contributed by atoms with Crippen LogP contribution < -0.4 is 5.32 Å². The largest absolute Gasteiger partial charge is 0.481 e. The molecule has 0 aliphatic rings. The van der Waals surface area contributed by atoms with E-state index in [4.69, 9.17) is 14.9 Å². The Bertz CT molecular complexity index is 319. The lowest BCUT2D eigenvalue weighted by Gasteiger charge is -2.26. The number of carboxylic acid groups (broad SMARTS) is 2. The lowest BCUT2D eigenvalue weighted by atomic mass is 10.2. The molecule has 0 aromatic carbocycles. The number of nitrogens with zero attached hydrogens (tertiary/aromatic N) is 1. The number of urea groups is 1. The van der Waals surface area contributed by atoms with E-state index in [9.17, 15) is 14.4 Å². The van der Waals surface area contributed by atoms with Crippen molar-refractivity contribution in [1.29, 1.82) is 0 Å². The maximum absolute atomic E-state index is 11.7. The van der Waals surface area contributed by atoms with Crippen LogP contribution in [0.15, 0.2) is 0 Å². The highest BCUT2D eigenvalue weighted by molar-refractivity contribution is 5.86. The van der Waals surface area contributed by atoms with E-state index in [0.29, 0.717) is 6.61 Å². The Kier molecular flexibility index (Phi) is 6.73. The van der Waals surface area contributed by atoms with Gasteiger partial charge in [-0.15, -0.1) is 0 Å². The van der Waals surface area contributed by atoms with Crippen LogP contribution in [-0.4, -0.2) is 65.9 Å². The number of likely N-dealkylation sites (N-methyl/N-ethyl adjacent to an activating group) is 1. The quantitative estimate of drug-likeness (QED) is 0.574. The normalized spacial score (nSPS) is 13.5. The minimum atomic E-state index is -1.45. The minimum absolute atomic E-state index is 0.255. The summed E-state index contributed by atoms with van der Waals surface area (Å²) in [5, 5.41) is 19.4. The summed E-state index contributed by atoms with van der Waals surface area (Å²) in [6.07, 6.45) is -0.673. The Labute approximate surface area is 105 Å². The van der Waals surface area contributed by atoms with Gasteiger partial charge in [-0.25, -0.2) is 9.59 Å². The van der Waals surface area contributed by atoms with Crippen LogP contribution in [0.3, 0.4) is 0 Å². The van der Waals surface area contributed by atoms with Crippen molar-refractivity contribution < 1.29 is 29.3 Å². The van der Waals surface area contributed by atoms with Crippen LogP contribution in [0, 0.1) is 0 Å². The summed E-state index contributed by atoms with van der Waals surface area (Å²) >= 11 is 0. The number of amides is 2. The maximum Gasteiger partial charge on any atom is 0.326 e. The molecule has 0 heterocycles. The van der Waals surface area contributed by atoms with Crippen molar-refractivity contribution in [2.45, 2.75) is 25.4 Å². The van der Waals surface area contributed by atoms with E-state index >= 15 is 0 Å². The maximum atomic E-state index is 11.7. The van der Waals surface area contributed by atoms with Crippen molar-refractivity contribution in [2.75, 3.05) is 20.8 Å². The minimum Gasteiger partial charge on any atom is -0.481 e. The van der Waals surface area contributed by atoms with E-state index in [1.54, 1.807) is 6.92 Å². The molecule has 0 aliphatic carbocycles. The molecule has 0 bridgehead atoms. The van der Waals surface area contributed by atoms with E-state index in [1.807, 2.05) is 0 Å². The van der Waals surface area contributed by atoms with Crippen LogP contribution in [0.5, 0.6) is 0 Å². The van der Waals surface area contributed by atoms with E-state index in [-0.39, 0.29) is 6.04 Å². The summed E-state index contributed by atoms with van der Waals surface area (Å²) < 4.78 is 4.86. The zero-order valence-electron chi connectivity index (χ0n) is 10.5. The van der Waals surface area contributed by atoms with Gasteiger partial charge in [0, 0.05) is 14.2 Å². The third kappa shape index (κ3) is 5.48. The fraction of sp³-hybridized carbons (Fsp3) is 0.700. The molecule has 3 N–H and O–H groups in total. The van der Waals surface area contributed by atoms with Gasteiger partial charge in [-0.1, -0.05) is 0 Å². The first-order valence-corrected chi connectivity index (χ1v) is 5.26. The van der Waals surface area contributed by atoms with Crippen molar-refractivity contribution >= 4 is 18.0 Å². The SMILES string of the molecule is COCC(C)N(C)C(=O)N[C@H](CC(=O)O)C(=O)O. The predicted molar refractivity (Wildman–Crippen MR) is 61.3 cm³/mol. The summed E-state index contributed by atoms with van der Waals surface area (Å²) in [7, 11) is 2.95. The van der Waals surface area contributed by atoms with Crippen LogP contribution >= 0.6 is 0 Å². The van der Waals surface area contributed by atoms with E-state index in [0.717, 1.165) is 0 Å². The Hall–Kier alpha value is -1.83. The lowest BCUT2D eigenvalue weighted by Crippen LogP contribution is -2.50. The third-order valence-electron chi connectivity index (χ3n) is 2.36. The molecule has 2 atom stereocenters. The molecule has 2 amide bonds. The van der Waals surface area contributed by atoms with Gasteiger partial charge in [0.25, 0.3) is 0 Å². The molecule has 0 radical (unpaired) electrons. The van der Waals surface area contributed by atoms with Gasteiger partial charge >= 0.3 is 18.0 Å². The average Bonchev–Trinajstić information content (AvgIpc) is 2.26. The van der Waals surface area contributed by atoms with Crippen molar-refractivity contribution in [2.24, 2.45) is 0 Å². The molecule has 0 aliphatic heterocycles. The fourth-order valence-corrected chi connectivity index (χ4v) is 1.18.